The molecule has 0 bridgehead atoms. The average Bonchev–Trinajstić information content (AvgIpc) is 2.57. The van der Waals surface area contributed by atoms with E-state index in [1.807, 2.05) is 42.5 Å². The second kappa shape index (κ2) is 5.88. The Labute approximate surface area is 138 Å². The van der Waals surface area contributed by atoms with Gasteiger partial charge in [-0.15, -0.1) is 11.8 Å². The monoisotopic (exact) mass is 408 g/mol. The molecule has 100 valence electrons. The molecule has 4 heteroatoms. The minimum Gasteiger partial charge on any atom is -0.289 e. The number of hydrogen-bond acceptors (Lipinski definition) is 2. The second-order valence-electron chi connectivity index (χ2n) is 4.46. The zero-order chi connectivity index (χ0) is 14.1. The van der Waals surface area contributed by atoms with E-state index in [4.69, 9.17) is 0 Å². The Kier molecular flexibility index (Phi) is 4.15. The van der Waals surface area contributed by atoms with Crippen LogP contribution in [0.4, 0.5) is 0 Å². The standard InChI is InChI=1S/C16H10Br2OS/c17-15(18)8-10-5-6-13-14(7-10)20-9-11-3-1-2-4-12(11)16(13)19/h1-8H,9H2. The number of carbonyl (C=O) groups is 1. The molecule has 2 aromatic rings. The zero-order valence-corrected chi connectivity index (χ0v) is 14.4. The van der Waals surface area contributed by atoms with E-state index >= 15 is 0 Å². The smallest absolute Gasteiger partial charge is 0.194 e. The molecule has 0 aromatic heterocycles. The van der Waals surface area contributed by atoms with Gasteiger partial charge in [0.25, 0.3) is 0 Å². The molecule has 0 saturated heterocycles. The molecule has 20 heavy (non-hydrogen) atoms. The van der Waals surface area contributed by atoms with Gasteiger partial charge in [-0.1, -0.05) is 30.3 Å². The highest BCUT2D eigenvalue weighted by molar-refractivity contribution is 9.28. The summed E-state index contributed by atoms with van der Waals surface area (Å²) >= 11 is 8.44. The van der Waals surface area contributed by atoms with Crippen molar-refractivity contribution in [1.29, 1.82) is 0 Å². The molecule has 0 radical (unpaired) electrons. The number of rotatable bonds is 1. The fourth-order valence-corrected chi connectivity index (χ4v) is 3.86. The molecule has 0 amide bonds. The Balaban J connectivity index is 2.09. The van der Waals surface area contributed by atoms with Gasteiger partial charge < -0.3 is 0 Å². The van der Waals surface area contributed by atoms with Crippen LogP contribution in [-0.2, 0) is 5.75 Å². The van der Waals surface area contributed by atoms with Gasteiger partial charge in [0, 0.05) is 21.8 Å². The first-order chi connectivity index (χ1) is 9.65. The van der Waals surface area contributed by atoms with Gasteiger partial charge in [0.15, 0.2) is 5.78 Å². The van der Waals surface area contributed by atoms with Gasteiger partial charge >= 0.3 is 0 Å². The number of hydrogen-bond donors (Lipinski definition) is 0. The normalized spacial score (nSPS) is 13.2. The quantitative estimate of drug-likeness (QED) is 0.608. The van der Waals surface area contributed by atoms with Crippen molar-refractivity contribution in [3.8, 4) is 0 Å². The van der Waals surface area contributed by atoms with Gasteiger partial charge in [-0.25, -0.2) is 0 Å². The SMILES string of the molecule is O=C1c2ccccc2CSc2cc(C=C(Br)Br)ccc21. The lowest BCUT2D eigenvalue weighted by Crippen LogP contribution is -2.03. The van der Waals surface area contributed by atoms with Gasteiger partial charge in [0.2, 0.25) is 0 Å². The van der Waals surface area contributed by atoms with E-state index < -0.39 is 0 Å². The summed E-state index contributed by atoms with van der Waals surface area (Å²) in [5.41, 5.74) is 3.79. The molecule has 2 aromatic carbocycles. The first-order valence-electron chi connectivity index (χ1n) is 6.07. The number of carbonyl (C=O) groups excluding carboxylic acids is 1. The molecule has 3 rings (SSSR count). The molecule has 0 spiro atoms. The molecule has 0 unspecified atom stereocenters. The van der Waals surface area contributed by atoms with Crippen LogP contribution < -0.4 is 0 Å². The molecule has 1 aliphatic heterocycles. The van der Waals surface area contributed by atoms with Crippen LogP contribution in [0.5, 0.6) is 0 Å². The molecule has 0 saturated carbocycles. The Morgan fingerprint density at radius 1 is 1.10 bits per heavy atom. The van der Waals surface area contributed by atoms with E-state index in [2.05, 4.69) is 37.9 Å². The zero-order valence-electron chi connectivity index (χ0n) is 10.4. The topological polar surface area (TPSA) is 17.1 Å². The molecule has 0 atom stereocenters. The van der Waals surface area contributed by atoms with Crippen LogP contribution in [-0.4, -0.2) is 5.78 Å². The Bertz CT molecular complexity index is 718. The van der Waals surface area contributed by atoms with Crippen LogP contribution >= 0.6 is 43.6 Å². The van der Waals surface area contributed by atoms with E-state index in [1.54, 1.807) is 11.8 Å². The molecule has 1 nitrogen and oxygen atoms in total. The highest BCUT2D eigenvalue weighted by atomic mass is 79.9. The van der Waals surface area contributed by atoms with Crippen molar-refractivity contribution in [3.63, 3.8) is 0 Å². The summed E-state index contributed by atoms with van der Waals surface area (Å²) in [4.78, 5) is 13.7. The predicted octanol–water partition coefficient (Wildman–Crippen LogP) is 5.61. The van der Waals surface area contributed by atoms with Crippen molar-refractivity contribution in [2.24, 2.45) is 0 Å². The maximum Gasteiger partial charge on any atom is 0.194 e. The minimum atomic E-state index is 0.119. The van der Waals surface area contributed by atoms with E-state index in [0.717, 1.165) is 36.3 Å². The second-order valence-corrected chi connectivity index (χ2v) is 8.25. The Morgan fingerprint density at radius 2 is 1.90 bits per heavy atom. The van der Waals surface area contributed by atoms with Crippen LogP contribution in [0, 0.1) is 0 Å². The van der Waals surface area contributed by atoms with Gasteiger partial charge in [0.05, 0.1) is 3.39 Å². The highest BCUT2D eigenvalue weighted by Crippen LogP contribution is 2.35. The van der Waals surface area contributed by atoms with Crippen molar-refractivity contribution in [3.05, 3.63) is 68.1 Å². The third-order valence-electron chi connectivity index (χ3n) is 3.17. The summed E-state index contributed by atoms with van der Waals surface area (Å²) in [6.07, 6.45) is 1.98. The maximum atomic E-state index is 12.6. The van der Waals surface area contributed by atoms with E-state index in [1.165, 1.54) is 0 Å². The van der Waals surface area contributed by atoms with Crippen LogP contribution in [0.1, 0.15) is 27.0 Å². The fraction of sp³-hybridized carbons (Fsp3) is 0.0625. The van der Waals surface area contributed by atoms with Crippen molar-refractivity contribution < 1.29 is 4.79 Å². The number of thioether (sulfide) groups is 1. The van der Waals surface area contributed by atoms with Gasteiger partial charge in [-0.3, -0.25) is 4.79 Å². The van der Waals surface area contributed by atoms with Crippen molar-refractivity contribution >= 4 is 55.5 Å². The van der Waals surface area contributed by atoms with E-state index in [0.29, 0.717) is 0 Å². The van der Waals surface area contributed by atoms with Crippen molar-refractivity contribution in [2.75, 3.05) is 0 Å². The molecule has 0 aliphatic carbocycles. The molecule has 0 N–H and O–H groups in total. The van der Waals surface area contributed by atoms with E-state index in [-0.39, 0.29) is 5.78 Å². The first kappa shape index (κ1) is 14.1. The van der Waals surface area contributed by atoms with Crippen LogP contribution in [0.2, 0.25) is 0 Å². The summed E-state index contributed by atoms with van der Waals surface area (Å²) in [7, 11) is 0. The molecule has 1 aliphatic rings. The number of fused-ring (bicyclic) bond motifs is 2. The molecular weight excluding hydrogens is 400 g/mol. The lowest BCUT2D eigenvalue weighted by Gasteiger charge is -2.05. The van der Waals surface area contributed by atoms with Gasteiger partial charge in [-0.05, 0) is 61.2 Å². The average molecular weight is 410 g/mol. The van der Waals surface area contributed by atoms with Gasteiger partial charge in [-0.2, -0.15) is 0 Å². The summed E-state index contributed by atoms with van der Waals surface area (Å²) < 4.78 is 0.887. The largest absolute Gasteiger partial charge is 0.289 e. The van der Waals surface area contributed by atoms with Crippen LogP contribution in [0.3, 0.4) is 0 Å². The molecule has 0 fully saturated rings. The Hall–Kier alpha value is -0.840. The molecular formula is C16H10Br2OS. The van der Waals surface area contributed by atoms with Crippen LogP contribution in [0.25, 0.3) is 6.08 Å². The van der Waals surface area contributed by atoms with E-state index in [9.17, 15) is 4.79 Å². The minimum absolute atomic E-state index is 0.119. The first-order valence-corrected chi connectivity index (χ1v) is 8.64. The van der Waals surface area contributed by atoms with Crippen molar-refractivity contribution in [2.45, 2.75) is 10.6 Å². The van der Waals surface area contributed by atoms with Crippen LogP contribution in [0.15, 0.2) is 50.8 Å². The lowest BCUT2D eigenvalue weighted by atomic mass is 9.98. The highest BCUT2D eigenvalue weighted by Gasteiger charge is 2.21. The Morgan fingerprint density at radius 3 is 2.70 bits per heavy atom. The third-order valence-corrected chi connectivity index (χ3v) is 4.73. The number of benzene rings is 2. The summed E-state index contributed by atoms with van der Waals surface area (Å²) in [5, 5.41) is 0. The maximum absolute atomic E-state index is 12.6. The number of ketones is 1. The third kappa shape index (κ3) is 2.78. The fourth-order valence-electron chi connectivity index (χ4n) is 2.23. The van der Waals surface area contributed by atoms with Crippen molar-refractivity contribution in [1.82, 2.24) is 0 Å². The summed E-state index contributed by atoms with van der Waals surface area (Å²) in [5.74, 6) is 0.950. The lowest BCUT2D eigenvalue weighted by molar-refractivity contribution is 0.103. The summed E-state index contributed by atoms with van der Waals surface area (Å²) in [6.45, 7) is 0. The molecule has 1 heterocycles. The predicted molar refractivity (Wildman–Crippen MR) is 91.7 cm³/mol. The summed E-state index contributed by atoms with van der Waals surface area (Å²) in [6, 6.07) is 13.8. The van der Waals surface area contributed by atoms with Gasteiger partial charge in [0.1, 0.15) is 0 Å². The number of halogens is 2.